The van der Waals surface area contributed by atoms with Crippen molar-refractivity contribution in [1.82, 2.24) is 9.71 Å². The van der Waals surface area contributed by atoms with Crippen LogP contribution >= 0.6 is 27.3 Å². The van der Waals surface area contributed by atoms with Crippen molar-refractivity contribution in [1.29, 1.82) is 0 Å². The van der Waals surface area contributed by atoms with E-state index < -0.39 is 16.0 Å². The first kappa shape index (κ1) is 16.1. The molecule has 6 nitrogen and oxygen atoms in total. The van der Waals surface area contributed by atoms with Crippen LogP contribution in [0.3, 0.4) is 0 Å². The number of carboxylic acids is 1. The minimum absolute atomic E-state index is 0.0607. The van der Waals surface area contributed by atoms with Gasteiger partial charge in [-0.15, -0.1) is 11.3 Å². The van der Waals surface area contributed by atoms with E-state index in [2.05, 4.69) is 25.6 Å². The summed E-state index contributed by atoms with van der Waals surface area (Å²) in [6.45, 7) is 1.89. The van der Waals surface area contributed by atoms with Crippen molar-refractivity contribution in [2.75, 3.05) is 0 Å². The Hall–Kier alpha value is -1.29. The molecule has 9 heteroatoms. The SMILES string of the molecule is Cc1nc(CNS(=O)(=O)c2ccc(Br)c(C(=O)O)c2)cs1. The number of carboxylic acid groups (broad SMARTS) is 1. The molecule has 0 bridgehead atoms. The van der Waals surface area contributed by atoms with Crippen LogP contribution in [0, 0.1) is 6.92 Å². The van der Waals surface area contributed by atoms with Crippen molar-refractivity contribution in [2.45, 2.75) is 18.4 Å². The Morgan fingerprint density at radius 2 is 2.19 bits per heavy atom. The van der Waals surface area contributed by atoms with E-state index >= 15 is 0 Å². The highest BCUT2D eigenvalue weighted by Gasteiger charge is 2.18. The van der Waals surface area contributed by atoms with Gasteiger partial charge in [-0.1, -0.05) is 0 Å². The molecule has 0 saturated heterocycles. The second-order valence-electron chi connectivity index (χ2n) is 4.13. The van der Waals surface area contributed by atoms with Crippen molar-refractivity contribution < 1.29 is 18.3 Å². The molecule has 0 aliphatic carbocycles. The van der Waals surface area contributed by atoms with E-state index in [1.807, 2.05) is 6.92 Å². The molecule has 0 aliphatic heterocycles. The van der Waals surface area contributed by atoms with Gasteiger partial charge in [0.05, 0.1) is 27.7 Å². The minimum Gasteiger partial charge on any atom is -0.478 e. The Morgan fingerprint density at radius 1 is 1.48 bits per heavy atom. The molecular formula is C12H11BrN2O4S2. The molecule has 1 heterocycles. The predicted molar refractivity (Wildman–Crippen MR) is 82.0 cm³/mol. The predicted octanol–water partition coefficient (Wildman–Crippen LogP) is 2.39. The number of hydrogen-bond acceptors (Lipinski definition) is 5. The molecule has 112 valence electrons. The fraction of sp³-hybridized carbons (Fsp3) is 0.167. The largest absolute Gasteiger partial charge is 0.478 e. The highest BCUT2D eigenvalue weighted by molar-refractivity contribution is 9.10. The summed E-state index contributed by atoms with van der Waals surface area (Å²) in [5.74, 6) is -1.20. The van der Waals surface area contributed by atoms with Crippen LogP contribution in [0.5, 0.6) is 0 Å². The summed E-state index contributed by atoms with van der Waals surface area (Å²) in [5, 5.41) is 11.6. The summed E-state index contributed by atoms with van der Waals surface area (Å²) in [7, 11) is -3.79. The van der Waals surface area contributed by atoms with E-state index in [4.69, 9.17) is 5.11 Å². The second kappa shape index (κ2) is 6.22. The summed E-state index contributed by atoms with van der Waals surface area (Å²) >= 11 is 4.50. The number of hydrogen-bond donors (Lipinski definition) is 2. The lowest BCUT2D eigenvalue weighted by Crippen LogP contribution is -2.23. The first-order valence-corrected chi connectivity index (χ1v) is 8.88. The average molecular weight is 391 g/mol. The van der Waals surface area contributed by atoms with Crippen LogP contribution in [0.4, 0.5) is 0 Å². The maximum atomic E-state index is 12.2. The zero-order chi connectivity index (χ0) is 15.6. The number of aromatic nitrogens is 1. The van der Waals surface area contributed by atoms with Crippen LogP contribution in [0.15, 0.2) is 32.9 Å². The van der Waals surface area contributed by atoms with E-state index in [1.54, 1.807) is 5.38 Å². The fourth-order valence-electron chi connectivity index (χ4n) is 1.58. The standard InChI is InChI=1S/C12H11BrN2O4S2/c1-7-15-8(6-20-7)5-14-21(18,19)9-2-3-11(13)10(4-9)12(16)17/h2-4,6,14H,5H2,1H3,(H,16,17). The summed E-state index contributed by atoms with van der Waals surface area (Å²) < 4.78 is 27.0. The van der Waals surface area contributed by atoms with E-state index in [9.17, 15) is 13.2 Å². The Morgan fingerprint density at radius 3 is 2.76 bits per heavy atom. The summed E-state index contributed by atoms with van der Waals surface area (Å²) in [6.07, 6.45) is 0. The number of benzene rings is 1. The maximum Gasteiger partial charge on any atom is 0.336 e. The van der Waals surface area contributed by atoms with Gasteiger partial charge >= 0.3 is 5.97 Å². The van der Waals surface area contributed by atoms with E-state index in [0.717, 1.165) is 11.1 Å². The smallest absolute Gasteiger partial charge is 0.336 e. The number of sulfonamides is 1. The van der Waals surface area contributed by atoms with Gasteiger partial charge in [0.2, 0.25) is 10.0 Å². The highest BCUT2D eigenvalue weighted by Crippen LogP contribution is 2.21. The molecule has 1 aromatic heterocycles. The lowest BCUT2D eigenvalue weighted by molar-refractivity contribution is 0.0695. The van der Waals surface area contributed by atoms with Crippen molar-refractivity contribution in [3.63, 3.8) is 0 Å². The molecule has 0 atom stereocenters. The van der Waals surface area contributed by atoms with Crippen LogP contribution < -0.4 is 4.72 Å². The second-order valence-corrected chi connectivity index (χ2v) is 7.81. The number of halogens is 1. The third kappa shape index (κ3) is 3.88. The van der Waals surface area contributed by atoms with Gasteiger partial charge in [-0.3, -0.25) is 0 Å². The number of nitrogens with zero attached hydrogens (tertiary/aromatic N) is 1. The molecule has 21 heavy (non-hydrogen) atoms. The lowest BCUT2D eigenvalue weighted by atomic mass is 10.2. The summed E-state index contributed by atoms with van der Waals surface area (Å²) in [5.41, 5.74) is 0.513. The van der Waals surface area contributed by atoms with E-state index in [-0.39, 0.29) is 17.0 Å². The van der Waals surface area contributed by atoms with Crippen molar-refractivity contribution in [2.24, 2.45) is 0 Å². The van der Waals surface area contributed by atoms with Gasteiger partial charge < -0.3 is 5.11 Å². The maximum absolute atomic E-state index is 12.2. The number of carbonyl (C=O) groups is 1. The van der Waals surface area contributed by atoms with Gasteiger partial charge in [0.15, 0.2) is 0 Å². The molecule has 0 aliphatic rings. The molecule has 0 amide bonds. The fourth-order valence-corrected chi connectivity index (χ4v) is 3.63. The number of thiazole rings is 1. The van der Waals surface area contributed by atoms with Crippen molar-refractivity contribution in [3.8, 4) is 0 Å². The van der Waals surface area contributed by atoms with Gasteiger partial charge in [0.1, 0.15) is 0 Å². The van der Waals surface area contributed by atoms with Gasteiger partial charge in [0, 0.05) is 9.85 Å². The molecule has 0 radical (unpaired) electrons. The average Bonchev–Trinajstić information content (AvgIpc) is 2.82. The first-order chi connectivity index (χ1) is 9.79. The summed E-state index contributed by atoms with van der Waals surface area (Å²) in [4.78, 5) is 15.1. The number of aryl methyl sites for hydroxylation is 1. The van der Waals surface area contributed by atoms with Gasteiger partial charge in [-0.05, 0) is 41.1 Å². The first-order valence-electron chi connectivity index (χ1n) is 5.73. The third-order valence-electron chi connectivity index (χ3n) is 2.59. The van der Waals surface area contributed by atoms with Crippen LogP contribution in [-0.4, -0.2) is 24.5 Å². The van der Waals surface area contributed by atoms with Crippen LogP contribution in [0.2, 0.25) is 0 Å². The lowest BCUT2D eigenvalue weighted by Gasteiger charge is -2.07. The topological polar surface area (TPSA) is 96.4 Å². The molecule has 2 aromatic rings. The molecule has 0 spiro atoms. The van der Waals surface area contributed by atoms with Crippen LogP contribution in [0.25, 0.3) is 0 Å². The van der Waals surface area contributed by atoms with Gasteiger partial charge in [-0.25, -0.2) is 22.9 Å². The molecule has 0 fully saturated rings. The van der Waals surface area contributed by atoms with E-state index in [0.29, 0.717) is 10.2 Å². The molecule has 1 aromatic carbocycles. The Kier molecular flexibility index (Phi) is 4.77. The van der Waals surface area contributed by atoms with Gasteiger partial charge in [-0.2, -0.15) is 0 Å². The number of rotatable bonds is 5. The molecule has 0 unspecified atom stereocenters. The molecule has 2 rings (SSSR count). The molecular weight excluding hydrogens is 380 g/mol. The quantitative estimate of drug-likeness (QED) is 0.816. The van der Waals surface area contributed by atoms with Crippen LogP contribution in [0.1, 0.15) is 21.1 Å². The minimum atomic E-state index is -3.79. The third-order valence-corrected chi connectivity index (χ3v) is 5.50. The number of nitrogens with one attached hydrogen (secondary N) is 1. The van der Waals surface area contributed by atoms with Gasteiger partial charge in [0.25, 0.3) is 0 Å². The van der Waals surface area contributed by atoms with Crippen molar-refractivity contribution >= 4 is 43.3 Å². The summed E-state index contributed by atoms with van der Waals surface area (Å²) in [6, 6.07) is 3.84. The zero-order valence-corrected chi connectivity index (χ0v) is 14.0. The highest BCUT2D eigenvalue weighted by atomic mass is 79.9. The molecule has 2 N–H and O–H groups in total. The Labute approximate surface area is 134 Å². The monoisotopic (exact) mass is 390 g/mol. The number of aromatic carboxylic acids is 1. The molecule has 0 saturated carbocycles. The Balaban J connectivity index is 2.23. The van der Waals surface area contributed by atoms with Crippen LogP contribution in [-0.2, 0) is 16.6 Å². The Bertz CT molecular complexity index is 786. The van der Waals surface area contributed by atoms with E-state index in [1.165, 1.54) is 23.5 Å². The normalized spacial score (nSPS) is 11.5. The zero-order valence-electron chi connectivity index (χ0n) is 10.8. The van der Waals surface area contributed by atoms with Crippen molar-refractivity contribution in [3.05, 3.63) is 44.3 Å².